The van der Waals surface area contributed by atoms with E-state index in [0.29, 0.717) is 24.5 Å². The van der Waals surface area contributed by atoms with Gasteiger partial charge in [0.05, 0.1) is 6.10 Å². The van der Waals surface area contributed by atoms with Crippen molar-refractivity contribution in [3.63, 3.8) is 0 Å². The minimum atomic E-state index is -0.102. The van der Waals surface area contributed by atoms with Gasteiger partial charge in [0.2, 0.25) is 0 Å². The molecule has 0 radical (unpaired) electrons. The standard InChI is InChI=1S/C19H25N3O2/c1-4-17(24-5-2)12-22-19(23)15-8-6-7-14(10-15)16-9-13(3)18(20)21-11-16/h6-11,17H,4-5,12H2,1-3H3,(H2,20,21)(H,22,23). The Morgan fingerprint density at radius 1 is 1.29 bits per heavy atom. The van der Waals surface area contributed by atoms with Gasteiger partial charge in [-0.2, -0.15) is 0 Å². The molecule has 5 nitrogen and oxygen atoms in total. The molecule has 0 spiro atoms. The number of nitrogen functional groups attached to an aromatic ring is 1. The number of nitrogens with one attached hydrogen (secondary N) is 1. The molecule has 24 heavy (non-hydrogen) atoms. The number of hydrogen-bond donors (Lipinski definition) is 2. The van der Waals surface area contributed by atoms with Gasteiger partial charge in [-0.25, -0.2) is 4.98 Å². The van der Waals surface area contributed by atoms with E-state index >= 15 is 0 Å². The topological polar surface area (TPSA) is 77.2 Å². The molecule has 0 bridgehead atoms. The molecule has 0 aliphatic rings. The summed E-state index contributed by atoms with van der Waals surface area (Å²) < 4.78 is 5.56. The normalized spacial score (nSPS) is 12.0. The van der Waals surface area contributed by atoms with Crippen LogP contribution in [0, 0.1) is 6.92 Å². The van der Waals surface area contributed by atoms with E-state index < -0.39 is 0 Å². The molecule has 0 aliphatic carbocycles. The second-order valence-corrected chi connectivity index (χ2v) is 5.70. The Morgan fingerprint density at radius 3 is 2.75 bits per heavy atom. The van der Waals surface area contributed by atoms with Crippen molar-refractivity contribution in [3.05, 3.63) is 47.7 Å². The van der Waals surface area contributed by atoms with Gasteiger partial charge in [-0.15, -0.1) is 0 Å². The summed E-state index contributed by atoms with van der Waals surface area (Å²) in [6.07, 6.45) is 2.64. The molecule has 5 heteroatoms. The predicted octanol–water partition coefficient (Wildman–Crippen LogP) is 3.18. The third kappa shape index (κ3) is 4.55. The number of nitrogens with two attached hydrogens (primary N) is 1. The lowest BCUT2D eigenvalue weighted by molar-refractivity contribution is 0.0569. The average Bonchev–Trinajstić information content (AvgIpc) is 2.60. The lowest BCUT2D eigenvalue weighted by Crippen LogP contribution is -2.33. The van der Waals surface area contributed by atoms with E-state index in [1.807, 2.05) is 45.0 Å². The van der Waals surface area contributed by atoms with Gasteiger partial charge in [0.25, 0.3) is 5.91 Å². The molecule has 0 saturated carbocycles. The van der Waals surface area contributed by atoms with Crippen molar-refractivity contribution in [2.45, 2.75) is 33.3 Å². The zero-order chi connectivity index (χ0) is 17.5. The van der Waals surface area contributed by atoms with E-state index in [2.05, 4.69) is 10.3 Å². The molecule has 0 aliphatic heterocycles. The van der Waals surface area contributed by atoms with E-state index in [9.17, 15) is 4.79 Å². The Kier molecular flexibility index (Phi) is 6.32. The van der Waals surface area contributed by atoms with Crippen molar-refractivity contribution in [2.75, 3.05) is 18.9 Å². The molecule has 1 amide bonds. The molecule has 1 aromatic heterocycles. The molecular formula is C19H25N3O2. The third-order valence-electron chi connectivity index (χ3n) is 3.92. The first-order valence-electron chi connectivity index (χ1n) is 8.27. The molecule has 0 saturated heterocycles. The Bertz CT molecular complexity index is 701. The fraction of sp³-hybridized carbons (Fsp3) is 0.368. The van der Waals surface area contributed by atoms with Gasteiger partial charge in [-0.1, -0.05) is 19.1 Å². The molecule has 1 heterocycles. The van der Waals surface area contributed by atoms with Crippen LogP contribution in [-0.4, -0.2) is 30.1 Å². The van der Waals surface area contributed by atoms with Crippen LogP contribution < -0.4 is 11.1 Å². The van der Waals surface area contributed by atoms with Crippen LogP contribution in [0.1, 0.15) is 36.2 Å². The average molecular weight is 327 g/mol. The highest BCUT2D eigenvalue weighted by Gasteiger charge is 2.11. The lowest BCUT2D eigenvalue weighted by atomic mass is 10.0. The summed E-state index contributed by atoms with van der Waals surface area (Å²) in [6.45, 7) is 7.07. The molecular weight excluding hydrogens is 302 g/mol. The van der Waals surface area contributed by atoms with Crippen LogP contribution in [0.15, 0.2) is 36.5 Å². The third-order valence-corrected chi connectivity index (χ3v) is 3.92. The fourth-order valence-corrected chi connectivity index (χ4v) is 2.45. The van der Waals surface area contributed by atoms with E-state index in [1.54, 1.807) is 12.3 Å². The number of aromatic nitrogens is 1. The number of carbonyl (C=O) groups is 1. The highest BCUT2D eigenvalue weighted by atomic mass is 16.5. The summed E-state index contributed by atoms with van der Waals surface area (Å²) >= 11 is 0. The largest absolute Gasteiger partial charge is 0.383 e. The molecule has 2 aromatic rings. The number of rotatable bonds is 7. The van der Waals surface area contributed by atoms with E-state index in [1.165, 1.54) is 0 Å². The number of carbonyl (C=O) groups excluding carboxylic acids is 1. The quantitative estimate of drug-likeness (QED) is 0.819. The van der Waals surface area contributed by atoms with Gasteiger partial charge < -0.3 is 15.8 Å². The first kappa shape index (κ1) is 17.9. The smallest absolute Gasteiger partial charge is 0.251 e. The van der Waals surface area contributed by atoms with Crippen molar-refractivity contribution in [1.29, 1.82) is 0 Å². The van der Waals surface area contributed by atoms with Crippen LogP contribution in [0.5, 0.6) is 0 Å². The Balaban J connectivity index is 2.11. The van der Waals surface area contributed by atoms with Crippen molar-refractivity contribution in [2.24, 2.45) is 0 Å². The van der Waals surface area contributed by atoms with Crippen LogP contribution in [0.4, 0.5) is 5.82 Å². The number of anilines is 1. The second kappa shape index (κ2) is 8.45. The van der Waals surface area contributed by atoms with Gasteiger partial charge in [-0.05, 0) is 49.6 Å². The Morgan fingerprint density at radius 2 is 2.08 bits per heavy atom. The SMILES string of the molecule is CCOC(CC)CNC(=O)c1cccc(-c2cnc(N)c(C)c2)c1. The van der Waals surface area contributed by atoms with E-state index in [0.717, 1.165) is 23.1 Å². The first-order chi connectivity index (χ1) is 11.5. The van der Waals surface area contributed by atoms with Crippen molar-refractivity contribution < 1.29 is 9.53 Å². The minimum absolute atomic E-state index is 0.0473. The van der Waals surface area contributed by atoms with Crippen LogP contribution >= 0.6 is 0 Å². The maximum atomic E-state index is 12.4. The molecule has 1 unspecified atom stereocenters. The zero-order valence-electron chi connectivity index (χ0n) is 14.5. The first-order valence-corrected chi connectivity index (χ1v) is 8.27. The van der Waals surface area contributed by atoms with Gasteiger partial charge in [0, 0.05) is 30.5 Å². The van der Waals surface area contributed by atoms with E-state index in [4.69, 9.17) is 10.5 Å². The van der Waals surface area contributed by atoms with Gasteiger partial charge in [-0.3, -0.25) is 4.79 Å². The highest BCUT2D eigenvalue weighted by molar-refractivity contribution is 5.95. The number of amides is 1. The number of hydrogen-bond acceptors (Lipinski definition) is 4. The second-order valence-electron chi connectivity index (χ2n) is 5.70. The number of benzene rings is 1. The monoisotopic (exact) mass is 327 g/mol. The van der Waals surface area contributed by atoms with Crippen LogP contribution in [0.25, 0.3) is 11.1 Å². The van der Waals surface area contributed by atoms with Crippen LogP contribution in [-0.2, 0) is 4.74 Å². The summed E-state index contributed by atoms with van der Waals surface area (Å²) in [5, 5.41) is 2.93. The Hall–Kier alpha value is -2.40. The van der Waals surface area contributed by atoms with Gasteiger partial charge in [0.1, 0.15) is 5.82 Å². The summed E-state index contributed by atoms with van der Waals surface area (Å²) in [6, 6.07) is 9.47. The zero-order valence-corrected chi connectivity index (χ0v) is 14.5. The Labute approximate surface area is 143 Å². The molecule has 1 atom stereocenters. The summed E-state index contributed by atoms with van der Waals surface area (Å²) in [4.78, 5) is 16.6. The minimum Gasteiger partial charge on any atom is -0.383 e. The molecule has 2 rings (SSSR count). The summed E-state index contributed by atoms with van der Waals surface area (Å²) in [5.41, 5.74) is 9.19. The van der Waals surface area contributed by atoms with Gasteiger partial charge >= 0.3 is 0 Å². The maximum Gasteiger partial charge on any atom is 0.251 e. The highest BCUT2D eigenvalue weighted by Crippen LogP contribution is 2.22. The molecule has 3 N–H and O–H groups in total. The summed E-state index contributed by atoms with van der Waals surface area (Å²) in [7, 11) is 0. The number of ether oxygens (including phenoxy) is 1. The number of pyridine rings is 1. The summed E-state index contributed by atoms with van der Waals surface area (Å²) in [5.74, 6) is 0.421. The molecule has 128 valence electrons. The maximum absolute atomic E-state index is 12.4. The van der Waals surface area contributed by atoms with Crippen molar-refractivity contribution >= 4 is 11.7 Å². The van der Waals surface area contributed by atoms with E-state index in [-0.39, 0.29) is 12.0 Å². The number of nitrogens with zero attached hydrogens (tertiary/aromatic N) is 1. The molecule has 1 aromatic carbocycles. The molecule has 0 fully saturated rings. The number of aryl methyl sites for hydroxylation is 1. The fourth-order valence-electron chi connectivity index (χ4n) is 2.45. The van der Waals surface area contributed by atoms with Crippen molar-refractivity contribution in [3.8, 4) is 11.1 Å². The predicted molar refractivity (Wildman–Crippen MR) is 96.9 cm³/mol. The lowest BCUT2D eigenvalue weighted by Gasteiger charge is -2.15. The van der Waals surface area contributed by atoms with Gasteiger partial charge in [0.15, 0.2) is 0 Å². The van der Waals surface area contributed by atoms with Crippen molar-refractivity contribution in [1.82, 2.24) is 10.3 Å². The van der Waals surface area contributed by atoms with Crippen LogP contribution in [0.3, 0.4) is 0 Å². The van der Waals surface area contributed by atoms with Crippen LogP contribution in [0.2, 0.25) is 0 Å².